The van der Waals surface area contributed by atoms with Gasteiger partial charge in [-0.1, -0.05) is 11.6 Å². The van der Waals surface area contributed by atoms with Crippen LogP contribution in [0.1, 0.15) is 59.9 Å². The molecule has 1 aliphatic heterocycles. The van der Waals surface area contributed by atoms with E-state index >= 15 is 0 Å². The van der Waals surface area contributed by atoms with E-state index in [1.807, 2.05) is 27.7 Å². The van der Waals surface area contributed by atoms with Crippen LogP contribution in [0.4, 0.5) is 0 Å². The molecule has 9 nitrogen and oxygen atoms in total. The van der Waals surface area contributed by atoms with Crippen LogP contribution in [0.5, 0.6) is 0 Å². The lowest BCUT2D eigenvalue weighted by Crippen LogP contribution is -2.46. The number of carbonyl (C=O) groups excluding carboxylic acids is 5. The van der Waals surface area contributed by atoms with Crippen molar-refractivity contribution in [3.63, 3.8) is 0 Å². The molecule has 0 aromatic heterocycles. The molecule has 31 heavy (non-hydrogen) atoms. The number of hydrogen-bond acceptors (Lipinski definition) is 6. The van der Waals surface area contributed by atoms with Gasteiger partial charge in [0.05, 0.1) is 17.7 Å². The Morgan fingerprint density at radius 1 is 1.10 bits per heavy atom. The summed E-state index contributed by atoms with van der Waals surface area (Å²) in [7, 11) is 1.45. The topological polar surface area (TPSA) is 113 Å². The molecule has 0 aliphatic carbocycles. The van der Waals surface area contributed by atoms with Gasteiger partial charge in [0.2, 0.25) is 5.91 Å². The van der Waals surface area contributed by atoms with Crippen LogP contribution in [-0.2, 0) is 19.1 Å². The molecule has 1 N–H and O–H groups in total. The van der Waals surface area contributed by atoms with E-state index < -0.39 is 24.0 Å². The second-order valence-electron chi connectivity index (χ2n) is 8.62. The highest BCUT2D eigenvalue weighted by Gasteiger charge is 2.35. The molecule has 1 aromatic carbocycles. The molecular weight excluding hydrogens is 402 g/mol. The molecule has 0 spiro atoms. The van der Waals surface area contributed by atoms with Gasteiger partial charge in [-0.3, -0.25) is 28.9 Å². The number of esters is 1. The van der Waals surface area contributed by atoms with Crippen LogP contribution in [0.3, 0.4) is 0 Å². The fraction of sp³-hybridized carbons (Fsp3) is 0.500. The van der Waals surface area contributed by atoms with Crippen molar-refractivity contribution in [2.45, 2.75) is 46.1 Å². The van der Waals surface area contributed by atoms with Crippen molar-refractivity contribution in [2.24, 2.45) is 0 Å². The van der Waals surface area contributed by atoms with Gasteiger partial charge in [0.25, 0.3) is 17.7 Å². The van der Waals surface area contributed by atoms with E-state index in [1.54, 1.807) is 18.2 Å². The number of imide groups is 1. The van der Waals surface area contributed by atoms with E-state index in [9.17, 15) is 24.0 Å². The molecule has 4 amide bonds. The molecule has 1 aliphatic rings. The maximum absolute atomic E-state index is 12.4. The summed E-state index contributed by atoms with van der Waals surface area (Å²) >= 11 is 0. The Balaban J connectivity index is 1.73. The molecule has 0 atom stereocenters. The average molecular weight is 431 g/mol. The predicted molar refractivity (Wildman–Crippen MR) is 112 cm³/mol. The predicted octanol–water partition coefficient (Wildman–Crippen LogP) is 1.29. The van der Waals surface area contributed by atoms with Crippen LogP contribution >= 0.6 is 0 Å². The van der Waals surface area contributed by atoms with Crippen molar-refractivity contribution >= 4 is 29.6 Å². The van der Waals surface area contributed by atoms with E-state index in [1.165, 1.54) is 11.9 Å². The number of hydrogen-bond donors (Lipinski definition) is 1. The molecule has 0 saturated heterocycles. The number of nitrogens with zero attached hydrogens (tertiary/aromatic N) is 2. The van der Waals surface area contributed by atoms with Gasteiger partial charge in [0.1, 0.15) is 0 Å². The number of amides is 4. The van der Waals surface area contributed by atoms with E-state index in [0.717, 1.165) is 10.5 Å². The number of rotatable bonds is 8. The summed E-state index contributed by atoms with van der Waals surface area (Å²) in [5, 5.41) is 2.74. The third-order valence-electron chi connectivity index (χ3n) is 4.57. The lowest BCUT2D eigenvalue weighted by Gasteiger charge is -2.23. The van der Waals surface area contributed by atoms with Crippen LogP contribution in [-0.4, -0.2) is 71.7 Å². The Morgan fingerprint density at radius 3 is 2.39 bits per heavy atom. The van der Waals surface area contributed by atoms with Crippen LogP contribution in [0.25, 0.3) is 0 Å². The minimum Gasteiger partial charge on any atom is -0.456 e. The number of carbonyl (C=O) groups is 5. The maximum atomic E-state index is 12.4. The Kier molecular flexibility index (Phi) is 7.54. The van der Waals surface area contributed by atoms with E-state index in [0.29, 0.717) is 11.1 Å². The molecule has 168 valence electrons. The molecule has 2 rings (SSSR count). The summed E-state index contributed by atoms with van der Waals surface area (Å²) in [6, 6.07) is 5.07. The fourth-order valence-electron chi connectivity index (χ4n) is 3.08. The van der Waals surface area contributed by atoms with Crippen molar-refractivity contribution in [3.8, 4) is 0 Å². The van der Waals surface area contributed by atoms with Crippen LogP contribution in [0.2, 0.25) is 0 Å². The van der Waals surface area contributed by atoms with E-state index in [2.05, 4.69) is 5.32 Å². The van der Waals surface area contributed by atoms with Gasteiger partial charge in [0, 0.05) is 25.6 Å². The number of likely N-dealkylation sites (N-methyl/N-ethyl adjacent to an activating group) is 1. The zero-order chi connectivity index (χ0) is 23.3. The average Bonchev–Trinajstić information content (AvgIpc) is 2.88. The Labute approximate surface area is 181 Å². The SMILES string of the molecule is Cc1ccc2c(c1)C(=O)N(CCCC(=O)OCC(=O)N(C)CC(=O)NC(C)(C)C)C2=O. The van der Waals surface area contributed by atoms with Gasteiger partial charge in [-0.2, -0.15) is 0 Å². The number of benzene rings is 1. The lowest BCUT2D eigenvalue weighted by molar-refractivity contribution is -0.152. The normalized spacial score (nSPS) is 13.1. The first kappa shape index (κ1) is 24.0. The summed E-state index contributed by atoms with van der Waals surface area (Å²) in [5.41, 5.74) is 1.21. The van der Waals surface area contributed by atoms with Crippen LogP contribution < -0.4 is 5.32 Å². The third-order valence-corrected chi connectivity index (χ3v) is 4.57. The van der Waals surface area contributed by atoms with Gasteiger partial charge in [0.15, 0.2) is 6.61 Å². The number of nitrogens with one attached hydrogen (secondary N) is 1. The lowest BCUT2D eigenvalue weighted by atomic mass is 10.1. The van der Waals surface area contributed by atoms with Crippen LogP contribution in [0, 0.1) is 6.92 Å². The first-order valence-electron chi connectivity index (χ1n) is 10.1. The van der Waals surface area contributed by atoms with Gasteiger partial charge in [-0.15, -0.1) is 0 Å². The zero-order valence-electron chi connectivity index (χ0n) is 18.6. The molecule has 0 fully saturated rings. The molecule has 1 heterocycles. The fourth-order valence-corrected chi connectivity index (χ4v) is 3.08. The Hall–Kier alpha value is -3.23. The number of ether oxygens (including phenoxy) is 1. The molecule has 1 aromatic rings. The molecule has 0 radical (unpaired) electrons. The first-order valence-corrected chi connectivity index (χ1v) is 10.1. The van der Waals surface area contributed by atoms with E-state index in [-0.39, 0.29) is 43.7 Å². The Morgan fingerprint density at radius 2 is 1.74 bits per heavy atom. The first-order chi connectivity index (χ1) is 14.4. The second kappa shape index (κ2) is 9.72. The zero-order valence-corrected chi connectivity index (χ0v) is 18.6. The van der Waals surface area contributed by atoms with Crippen LogP contribution in [0.15, 0.2) is 18.2 Å². The standard InChI is InChI=1S/C22H29N3O6/c1-14-8-9-15-16(11-14)21(30)25(20(15)29)10-6-7-19(28)31-13-18(27)24(5)12-17(26)23-22(2,3)4/h8-9,11H,6-7,10,12-13H2,1-5H3,(H,23,26). The van der Waals surface area contributed by atoms with Crippen molar-refractivity contribution in [3.05, 3.63) is 34.9 Å². The summed E-state index contributed by atoms with van der Waals surface area (Å²) in [6.45, 7) is 6.79. The van der Waals surface area contributed by atoms with Gasteiger partial charge < -0.3 is 15.0 Å². The van der Waals surface area contributed by atoms with Gasteiger partial charge in [-0.25, -0.2) is 0 Å². The molecule has 9 heteroatoms. The Bertz CT molecular complexity index is 903. The summed E-state index contributed by atoms with van der Waals surface area (Å²) in [5.74, 6) is -2.19. The second-order valence-corrected chi connectivity index (χ2v) is 8.62. The van der Waals surface area contributed by atoms with Crippen molar-refractivity contribution in [1.82, 2.24) is 15.1 Å². The minimum absolute atomic E-state index is 0.0477. The largest absolute Gasteiger partial charge is 0.456 e. The maximum Gasteiger partial charge on any atom is 0.306 e. The monoisotopic (exact) mass is 431 g/mol. The highest BCUT2D eigenvalue weighted by atomic mass is 16.5. The summed E-state index contributed by atoms with van der Waals surface area (Å²) in [6.07, 6.45) is 0.176. The van der Waals surface area contributed by atoms with Crippen molar-refractivity contribution in [2.75, 3.05) is 26.7 Å². The minimum atomic E-state index is -0.617. The molecule has 0 bridgehead atoms. The van der Waals surface area contributed by atoms with E-state index in [4.69, 9.17) is 4.74 Å². The van der Waals surface area contributed by atoms with Crippen molar-refractivity contribution in [1.29, 1.82) is 0 Å². The number of aryl methyl sites for hydroxylation is 1. The quantitative estimate of drug-likeness (QED) is 0.490. The summed E-state index contributed by atoms with van der Waals surface area (Å²) in [4.78, 5) is 62.9. The smallest absolute Gasteiger partial charge is 0.306 e. The number of fused-ring (bicyclic) bond motifs is 1. The van der Waals surface area contributed by atoms with Crippen molar-refractivity contribution < 1.29 is 28.7 Å². The molecule has 0 unspecified atom stereocenters. The van der Waals surface area contributed by atoms with Gasteiger partial charge >= 0.3 is 5.97 Å². The highest BCUT2D eigenvalue weighted by Crippen LogP contribution is 2.24. The summed E-state index contributed by atoms with van der Waals surface area (Å²) < 4.78 is 4.95. The molecule has 0 saturated carbocycles. The third kappa shape index (κ3) is 6.63. The van der Waals surface area contributed by atoms with Gasteiger partial charge in [-0.05, 0) is 46.2 Å². The highest BCUT2D eigenvalue weighted by molar-refractivity contribution is 6.21. The molecular formula is C22H29N3O6.